The van der Waals surface area contributed by atoms with Crippen molar-refractivity contribution < 1.29 is 4.79 Å². The third-order valence-corrected chi connectivity index (χ3v) is 5.50. The minimum Gasteiger partial charge on any atom is -0.368 e. The van der Waals surface area contributed by atoms with E-state index < -0.39 is 0 Å². The van der Waals surface area contributed by atoms with E-state index in [1.807, 2.05) is 42.5 Å². The van der Waals surface area contributed by atoms with Crippen LogP contribution in [0.2, 0.25) is 5.02 Å². The highest BCUT2D eigenvalue weighted by molar-refractivity contribution is 6.31. The quantitative estimate of drug-likeness (QED) is 0.726. The maximum absolute atomic E-state index is 12.6. The lowest BCUT2D eigenvalue weighted by Gasteiger charge is -2.34. The Morgan fingerprint density at radius 2 is 1.89 bits per heavy atom. The van der Waals surface area contributed by atoms with E-state index in [1.54, 1.807) is 0 Å². The molecule has 6 heteroatoms. The molecule has 0 bridgehead atoms. The highest BCUT2D eigenvalue weighted by atomic mass is 35.5. The summed E-state index contributed by atoms with van der Waals surface area (Å²) < 4.78 is 0. The fourth-order valence-corrected chi connectivity index (χ4v) is 3.70. The van der Waals surface area contributed by atoms with Crippen LogP contribution in [0.4, 0.5) is 5.69 Å². The van der Waals surface area contributed by atoms with Gasteiger partial charge < -0.3 is 20.1 Å². The number of hydrogen-bond donors (Lipinski definition) is 2. The van der Waals surface area contributed by atoms with Gasteiger partial charge in [0.25, 0.3) is 5.91 Å². The molecule has 0 atom stereocenters. The number of hydrogen-bond acceptors (Lipinski definition) is 3. The van der Waals surface area contributed by atoms with Crippen molar-refractivity contribution in [3.63, 3.8) is 0 Å². The second kappa shape index (κ2) is 7.62. The van der Waals surface area contributed by atoms with Crippen LogP contribution in [-0.4, -0.2) is 49.0 Å². The maximum atomic E-state index is 12.6. The number of aromatic amines is 1. The van der Waals surface area contributed by atoms with Gasteiger partial charge in [-0.1, -0.05) is 35.9 Å². The van der Waals surface area contributed by atoms with E-state index in [9.17, 15) is 4.79 Å². The zero-order valence-electron chi connectivity index (χ0n) is 15.3. The molecule has 0 unspecified atom stereocenters. The zero-order valence-corrected chi connectivity index (χ0v) is 16.1. The van der Waals surface area contributed by atoms with E-state index in [0.717, 1.165) is 42.6 Å². The van der Waals surface area contributed by atoms with Gasteiger partial charge in [-0.3, -0.25) is 4.79 Å². The minimum absolute atomic E-state index is 0.129. The van der Waals surface area contributed by atoms with E-state index in [2.05, 4.69) is 33.2 Å². The van der Waals surface area contributed by atoms with Crippen molar-refractivity contribution in [3.8, 4) is 0 Å². The Morgan fingerprint density at radius 3 is 2.67 bits per heavy atom. The first-order valence-electron chi connectivity index (χ1n) is 9.18. The highest BCUT2D eigenvalue weighted by Crippen LogP contribution is 2.28. The van der Waals surface area contributed by atoms with Crippen molar-refractivity contribution in [2.45, 2.75) is 6.54 Å². The number of nitrogens with zero attached hydrogens (tertiary/aromatic N) is 2. The number of H-pyrrole nitrogens is 1. The van der Waals surface area contributed by atoms with Gasteiger partial charge in [0.05, 0.1) is 0 Å². The summed E-state index contributed by atoms with van der Waals surface area (Å²) >= 11 is 6.17. The molecule has 4 rings (SSSR count). The van der Waals surface area contributed by atoms with E-state index in [0.29, 0.717) is 17.3 Å². The Morgan fingerprint density at radius 1 is 1.11 bits per heavy atom. The van der Waals surface area contributed by atoms with Crippen molar-refractivity contribution >= 4 is 34.1 Å². The van der Waals surface area contributed by atoms with Crippen LogP contribution in [-0.2, 0) is 6.54 Å². The molecule has 1 fully saturated rings. The number of anilines is 1. The lowest BCUT2D eigenvalue weighted by molar-refractivity contribution is 0.0947. The number of benzene rings is 2. The number of halogens is 1. The molecule has 5 nitrogen and oxygen atoms in total. The summed E-state index contributed by atoms with van der Waals surface area (Å²) in [5.41, 5.74) is 3.64. The highest BCUT2D eigenvalue weighted by Gasteiger charge is 2.18. The predicted molar refractivity (Wildman–Crippen MR) is 111 cm³/mol. The van der Waals surface area contributed by atoms with Crippen LogP contribution in [0.3, 0.4) is 0 Å². The first-order chi connectivity index (χ1) is 13.1. The third kappa shape index (κ3) is 3.80. The zero-order chi connectivity index (χ0) is 18.8. The number of piperazine rings is 1. The summed E-state index contributed by atoms with van der Waals surface area (Å²) in [5, 5.41) is 4.69. The van der Waals surface area contributed by atoms with Gasteiger partial charge in [-0.05, 0) is 36.9 Å². The average Bonchev–Trinajstić information content (AvgIpc) is 3.12. The molecule has 1 saturated heterocycles. The van der Waals surface area contributed by atoms with Crippen LogP contribution in [0, 0.1) is 0 Å². The maximum Gasteiger partial charge on any atom is 0.267 e. The number of likely N-dealkylation sites (N-methyl/N-ethyl adjacent to an activating group) is 1. The molecule has 140 valence electrons. The van der Waals surface area contributed by atoms with Gasteiger partial charge in [0.1, 0.15) is 5.69 Å². The summed E-state index contributed by atoms with van der Waals surface area (Å²) in [6.07, 6.45) is 0. The second-order valence-electron chi connectivity index (χ2n) is 6.99. The van der Waals surface area contributed by atoms with Crippen molar-refractivity contribution in [1.29, 1.82) is 0 Å². The minimum atomic E-state index is -0.129. The van der Waals surface area contributed by atoms with Crippen LogP contribution < -0.4 is 10.2 Å². The van der Waals surface area contributed by atoms with E-state index in [1.165, 1.54) is 5.69 Å². The molecule has 2 N–H and O–H groups in total. The lowest BCUT2D eigenvalue weighted by atomic mass is 10.1. The van der Waals surface area contributed by atoms with Gasteiger partial charge in [0, 0.05) is 54.3 Å². The third-order valence-electron chi connectivity index (χ3n) is 5.13. The fraction of sp³-hybridized carbons (Fsp3) is 0.286. The summed E-state index contributed by atoms with van der Waals surface area (Å²) in [7, 11) is 2.15. The lowest BCUT2D eigenvalue weighted by Crippen LogP contribution is -2.44. The molecular weight excluding hydrogens is 360 g/mol. The number of carbonyl (C=O) groups is 1. The number of fused-ring (bicyclic) bond motifs is 1. The van der Waals surface area contributed by atoms with E-state index >= 15 is 0 Å². The predicted octanol–water partition coefficient (Wildman–Crippen LogP) is 3.50. The van der Waals surface area contributed by atoms with Gasteiger partial charge >= 0.3 is 0 Å². The summed E-state index contributed by atoms with van der Waals surface area (Å²) in [4.78, 5) is 20.6. The summed E-state index contributed by atoms with van der Waals surface area (Å²) in [5.74, 6) is -0.129. The largest absolute Gasteiger partial charge is 0.368 e. The fourth-order valence-electron chi connectivity index (χ4n) is 3.50. The molecule has 0 saturated carbocycles. The molecule has 27 heavy (non-hydrogen) atoms. The van der Waals surface area contributed by atoms with Gasteiger partial charge in [-0.25, -0.2) is 0 Å². The smallest absolute Gasteiger partial charge is 0.267 e. The number of amides is 1. The second-order valence-corrected chi connectivity index (χ2v) is 7.39. The van der Waals surface area contributed by atoms with Crippen LogP contribution in [0.1, 0.15) is 16.1 Å². The molecular formula is C21H23ClN4O. The van der Waals surface area contributed by atoms with Crippen LogP contribution in [0.25, 0.3) is 10.9 Å². The van der Waals surface area contributed by atoms with Crippen molar-refractivity contribution in [1.82, 2.24) is 15.2 Å². The number of nitrogens with one attached hydrogen (secondary N) is 2. The van der Waals surface area contributed by atoms with Gasteiger partial charge in [-0.15, -0.1) is 0 Å². The Balaban J connectivity index is 1.53. The van der Waals surface area contributed by atoms with Crippen molar-refractivity contribution in [2.75, 3.05) is 38.1 Å². The Kier molecular flexibility index (Phi) is 5.05. The Hall–Kier alpha value is -2.50. The first-order valence-corrected chi connectivity index (χ1v) is 9.56. The SMILES string of the molecule is CN1CCN(c2cccc3[nH]c(C(=O)NCc4ccccc4Cl)cc23)CC1. The monoisotopic (exact) mass is 382 g/mol. The van der Waals surface area contributed by atoms with Gasteiger partial charge in [-0.2, -0.15) is 0 Å². The van der Waals surface area contributed by atoms with Crippen LogP contribution in [0.15, 0.2) is 48.5 Å². The molecule has 2 aromatic carbocycles. The normalized spacial score (nSPS) is 15.3. The standard InChI is InChI=1S/C21H23ClN4O/c1-25-9-11-26(12-10-25)20-8-4-7-18-16(20)13-19(24-18)21(27)23-14-15-5-2-3-6-17(15)22/h2-8,13,24H,9-12,14H2,1H3,(H,23,27). The van der Waals surface area contributed by atoms with Crippen molar-refractivity contribution in [2.24, 2.45) is 0 Å². The molecule has 0 aliphatic carbocycles. The average molecular weight is 383 g/mol. The van der Waals surface area contributed by atoms with Crippen LogP contribution in [0.5, 0.6) is 0 Å². The molecule has 1 aromatic heterocycles. The Bertz CT molecular complexity index is 960. The molecule has 1 aliphatic rings. The van der Waals surface area contributed by atoms with Gasteiger partial charge in [0.2, 0.25) is 0 Å². The van der Waals surface area contributed by atoms with E-state index in [4.69, 9.17) is 11.6 Å². The number of carbonyl (C=O) groups excluding carboxylic acids is 1. The molecule has 3 aromatic rings. The topological polar surface area (TPSA) is 51.4 Å². The van der Waals surface area contributed by atoms with Crippen molar-refractivity contribution in [3.05, 3.63) is 64.8 Å². The van der Waals surface area contributed by atoms with Crippen LogP contribution >= 0.6 is 11.6 Å². The first kappa shape index (κ1) is 17.9. The molecule has 0 spiro atoms. The number of rotatable bonds is 4. The van der Waals surface area contributed by atoms with E-state index in [-0.39, 0.29) is 5.91 Å². The summed E-state index contributed by atoms with van der Waals surface area (Å²) in [6.45, 7) is 4.49. The Labute approximate surface area is 163 Å². The molecule has 0 radical (unpaired) electrons. The number of aromatic nitrogens is 1. The molecule has 1 amide bonds. The summed E-state index contributed by atoms with van der Waals surface area (Å²) in [6, 6.07) is 15.7. The molecule has 1 aliphatic heterocycles. The van der Waals surface area contributed by atoms with Gasteiger partial charge in [0.15, 0.2) is 0 Å². The molecule has 2 heterocycles.